The Morgan fingerprint density at radius 3 is 2.93 bits per heavy atom. The van der Waals surface area contributed by atoms with Crippen molar-refractivity contribution in [2.75, 3.05) is 19.7 Å². The van der Waals surface area contributed by atoms with Crippen molar-refractivity contribution in [1.82, 2.24) is 5.01 Å². The number of ether oxygens (including phenoxy) is 1. The summed E-state index contributed by atoms with van der Waals surface area (Å²) in [6.45, 7) is 2.14. The Morgan fingerprint density at radius 2 is 2.21 bits per heavy atom. The fourth-order valence-corrected chi connectivity index (χ4v) is 1.85. The molecule has 76 valence electrons. The highest BCUT2D eigenvalue weighted by Crippen LogP contribution is 2.27. The minimum atomic E-state index is 0.00227. The van der Waals surface area contributed by atoms with Crippen LogP contribution in [0.5, 0.6) is 0 Å². The smallest absolute Gasteiger partial charge is 0.0980 e. The molecule has 1 heterocycles. The van der Waals surface area contributed by atoms with Gasteiger partial charge >= 0.3 is 0 Å². The fraction of sp³-hybridized carbons (Fsp3) is 0.400. The Kier molecular flexibility index (Phi) is 3.03. The molecule has 1 saturated heterocycles. The number of halogens is 1. The van der Waals surface area contributed by atoms with Crippen molar-refractivity contribution < 1.29 is 4.74 Å². The number of benzene rings is 1. The van der Waals surface area contributed by atoms with Gasteiger partial charge in [0, 0.05) is 23.7 Å². The first kappa shape index (κ1) is 9.93. The van der Waals surface area contributed by atoms with Crippen molar-refractivity contribution in [1.29, 1.82) is 0 Å². The number of hydrazine groups is 1. The van der Waals surface area contributed by atoms with Gasteiger partial charge in [-0.3, -0.25) is 5.84 Å². The molecule has 0 spiro atoms. The van der Waals surface area contributed by atoms with Gasteiger partial charge in [0.1, 0.15) is 0 Å². The van der Waals surface area contributed by atoms with Crippen LogP contribution in [-0.4, -0.2) is 24.7 Å². The Bertz CT molecular complexity index is 319. The van der Waals surface area contributed by atoms with Crippen LogP contribution in [0.1, 0.15) is 11.7 Å². The second kappa shape index (κ2) is 4.28. The van der Waals surface area contributed by atoms with Gasteiger partial charge in [0.25, 0.3) is 0 Å². The molecule has 0 aromatic heterocycles. The Labute approximate surface area is 88.4 Å². The highest BCUT2D eigenvalue weighted by atomic mass is 35.5. The van der Waals surface area contributed by atoms with E-state index in [4.69, 9.17) is 22.2 Å². The maximum atomic E-state index is 6.07. The van der Waals surface area contributed by atoms with Crippen molar-refractivity contribution in [3.63, 3.8) is 0 Å². The molecule has 1 fully saturated rings. The number of hydrogen-bond acceptors (Lipinski definition) is 3. The van der Waals surface area contributed by atoms with Crippen molar-refractivity contribution in [3.05, 3.63) is 34.9 Å². The third-order valence-electron chi connectivity index (χ3n) is 2.35. The van der Waals surface area contributed by atoms with E-state index in [-0.39, 0.29) is 6.10 Å². The zero-order valence-corrected chi connectivity index (χ0v) is 8.57. The van der Waals surface area contributed by atoms with Gasteiger partial charge in [-0.25, -0.2) is 5.01 Å². The lowest BCUT2D eigenvalue weighted by atomic mass is 10.1. The van der Waals surface area contributed by atoms with Gasteiger partial charge in [0.2, 0.25) is 0 Å². The standard InChI is InChI=1S/C10H13ClN2O/c11-9-4-2-1-3-8(9)10-7-13(12)5-6-14-10/h1-4,10H,5-7,12H2. The van der Waals surface area contributed by atoms with E-state index in [0.29, 0.717) is 13.2 Å². The van der Waals surface area contributed by atoms with Crippen LogP contribution in [0.25, 0.3) is 0 Å². The van der Waals surface area contributed by atoms with E-state index in [9.17, 15) is 0 Å². The molecule has 2 N–H and O–H groups in total. The largest absolute Gasteiger partial charge is 0.371 e. The molecule has 0 bridgehead atoms. The monoisotopic (exact) mass is 212 g/mol. The lowest BCUT2D eigenvalue weighted by Gasteiger charge is -2.30. The molecule has 14 heavy (non-hydrogen) atoms. The molecule has 3 nitrogen and oxygen atoms in total. The van der Waals surface area contributed by atoms with Gasteiger partial charge < -0.3 is 4.74 Å². The summed E-state index contributed by atoms with van der Waals surface area (Å²) in [6, 6.07) is 7.72. The molecule has 4 heteroatoms. The Hall–Kier alpha value is -0.610. The molecule has 1 aromatic carbocycles. The second-order valence-corrected chi connectivity index (χ2v) is 3.78. The van der Waals surface area contributed by atoms with Crippen molar-refractivity contribution in [2.24, 2.45) is 5.84 Å². The maximum absolute atomic E-state index is 6.07. The van der Waals surface area contributed by atoms with Crippen LogP contribution in [0.2, 0.25) is 5.02 Å². The maximum Gasteiger partial charge on any atom is 0.0980 e. The normalized spacial score (nSPS) is 23.7. The van der Waals surface area contributed by atoms with Crippen LogP contribution in [0, 0.1) is 0 Å². The van der Waals surface area contributed by atoms with Crippen LogP contribution in [0.3, 0.4) is 0 Å². The first-order chi connectivity index (χ1) is 6.77. The molecule has 1 aliphatic rings. The summed E-state index contributed by atoms with van der Waals surface area (Å²) in [5.41, 5.74) is 1.02. The quantitative estimate of drug-likeness (QED) is 0.719. The molecular weight excluding hydrogens is 200 g/mol. The highest BCUT2D eigenvalue weighted by molar-refractivity contribution is 6.31. The summed E-state index contributed by atoms with van der Waals surface area (Å²) in [6.07, 6.45) is 0.00227. The lowest BCUT2D eigenvalue weighted by molar-refractivity contribution is -0.0303. The number of nitrogens with zero attached hydrogens (tertiary/aromatic N) is 1. The summed E-state index contributed by atoms with van der Waals surface area (Å²) in [7, 11) is 0. The van der Waals surface area contributed by atoms with Gasteiger partial charge in [-0.2, -0.15) is 0 Å². The average Bonchev–Trinajstić information content (AvgIpc) is 2.18. The minimum Gasteiger partial charge on any atom is -0.371 e. The van der Waals surface area contributed by atoms with E-state index in [1.165, 1.54) is 0 Å². The van der Waals surface area contributed by atoms with Crippen LogP contribution in [0.4, 0.5) is 0 Å². The highest BCUT2D eigenvalue weighted by Gasteiger charge is 2.21. The zero-order chi connectivity index (χ0) is 9.97. The number of morpholine rings is 1. The number of rotatable bonds is 1. The summed E-state index contributed by atoms with van der Waals surface area (Å²) in [5.74, 6) is 5.72. The predicted molar refractivity (Wildman–Crippen MR) is 55.9 cm³/mol. The van der Waals surface area contributed by atoms with E-state index in [2.05, 4.69) is 0 Å². The van der Waals surface area contributed by atoms with Gasteiger partial charge in [0.15, 0.2) is 0 Å². The van der Waals surface area contributed by atoms with Crippen LogP contribution in [-0.2, 0) is 4.74 Å². The van der Waals surface area contributed by atoms with Crippen LogP contribution in [0.15, 0.2) is 24.3 Å². The van der Waals surface area contributed by atoms with E-state index < -0.39 is 0 Å². The molecule has 1 aromatic rings. The zero-order valence-electron chi connectivity index (χ0n) is 7.82. The molecule has 0 amide bonds. The Morgan fingerprint density at radius 1 is 1.43 bits per heavy atom. The van der Waals surface area contributed by atoms with E-state index in [0.717, 1.165) is 17.1 Å². The van der Waals surface area contributed by atoms with Gasteiger partial charge in [-0.15, -0.1) is 0 Å². The van der Waals surface area contributed by atoms with Gasteiger partial charge in [0.05, 0.1) is 12.7 Å². The third-order valence-corrected chi connectivity index (χ3v) is 2.69. The summed E-state index contributed by atoms with van der Waals surface area (Å²) in [5, 5.41) is 2.50. The lowest BCUT2D eigenvalue weighted by Crippen LogP contribution is -2.42. The second-order valence-electron chi connectivity index (χ2n) is 3.38. The molecule has 0 aliphatic carbocycles. The van der Waals surface area contributed by atoms with E-state index in [1.807, 2.05) is 24.3 Å². The molecule has 1 atom stereocenters. The van der Waals surface area contributed by atoms with Crippen LogP contribution >= 0.6 is 11.6 Å². The molecular formula is C10H13ClN2O. The van der Waals surface area contributed by atoms with Crippen molar-refractivity contribution in [2.45, 2.75) is 6.10 Å². The topological polar surface area (TPSA) is 38.5 Å². The summed E-state index contributed by atoms with van der Waals surface area (Å²) < 4.78 is 5.61. The molecule has 0 radical (unpaired) electrons. The van der Waals surface area contributed by atoms with Gasteiger partial charge in [-0.05, 0) is 6.07 Å². The first-order valence-corrected chi connectivity index (χ1v) is 5.01. The van der Waals surface area contributed by atoms with Crippen LogP contribution < -0.4 is 5.84 Å². The number of hydrogen-bond donors (Lipinski definition) is 1. The van der Waals surface area contributed by atoms with Crippen molar-refractivity contribution in [3.8, 4) is 0 Å². The minimum absolute atomic E-state index is 0.00227. The number of nitrogens with two attached hydrogens (primary N) is 1. The van der Waals surface area contributed by atoms with Crippen molar-refractivity contribution >= 4 is 11.6 Å². The summed E-state index contributed by atoms with van der Waals surface area (Å²) >= 11 is 6.07. The Balaban J connectivity index is 2.18. The van der Waals surface area contributed by atoms with E-state index in [1.54, 1.807) is 5.01 Å². The molecule has 0 saturated carbocycles. The molecule has 1 unspecified atom stereocenters. The molecule has 2 rings (SSSR count). The first-order valence-electron chi connectivity index (χ1n) is 4.63. The third kappa shape index (κ3) is 2.07. The fourth-order valence-electron chi connectivity index (χ4n) is 1.59. The summed E-state index contributed by atoms with van der Waals surface area (Å²) in [4.78, 5) is 0. The predicted octanol–water partition coefficient (Wildman–Crippen LogP) is 1.59. The average molecular weight is 213 g/mol. The molecule has 1 aliphatic heterocycles. The van der Waals surface area contributed by atoms with Gasteiger partial charge in [-0.1, -0.05) is 29.8 Å². The van der Waals surface area contributed by atoms with E-state index >= 15 is 0 Å². The SMILES string of the molecule is NN1CCOC(c2ccccc2Cl)C1.